The standard InChI is InChI=1S/C23H29ClN6O2/c1-15(2)26-12-19(16-4-6-17(24)7-5-16)23(31)30-10-11-32-20(30)13-29(3)22-18-8-9-25-21(18)27-14-28-22/h4-9,14-15,19-20,26H,10-13H2,1-3H3,(H,25,27,28). The number of likely N-dealkylation sites (N-methyl/N-ethyl adjacent to an activating group) is 1. The van der Waals surface area contributed by atoms with Crippen LogP contribution in [-0.2, 0) is 9.53 Å². The molecule has 2 unspecified atom stereocenters. The summed E-state index contributed by atoms with van der Waals surface area (Å²) in [4.78, 5) is 29.3. The number of halogens is 1. The molecule has 32 heavy (non-hydrogen) atoms. The van der Waals surface area contributed by atoms with Crippen molar-refractivity contribution in [3.63, 3.8) is 0 Å². The number of fused-ring (bicyclic) bond motifs is 1. The van der Waals surface area contributed by atoms with Crippen molar-refractivity contribution < 1.29 is 9.53 Å². The van der Waals surface area contributed by atoms with Gasteiger partial charge in [-0.25, -0.2) is 9.97 Å². The monoisotopic (exact) mass is 456 g/mol. The van der Waals surface area contributed by atoms with Crippen LogP contribution in [0.4, 0.5) is 5.82 Å². The van der Waals surface area contributed by atoms with Crippen LogP contribution in [0.15, 0.2) is 42.9 Å². The summed E-state index contributed by atoms with van der Waals surface area (Å²) in [6.45, 7) is 6.28. The summed E-state index contributed by atoms with van der Waals surface area (Å²) in [5, 5.41) is 5.00. The van der Waals surface area contributed by atoms with Gasteiger partial charge in [-0.2, -0.15) is 0 Å². The van der Waals surface area contributed by atoms with E-state index in [2.05, 4.69) is 34.1 Å². The molecule has 0 bridgehead atoms. The van der Waals surface area contributed by atoms with E-state index in [0.29, 0.717) is 31.3 Å². The molecule has 8 nitrogen and oxygen atoms in total. The van der Waals surface area contributed by atoms with Gasteiger partial charge in [-0.05, 0) is 23.8 Å². The SMILES string of the molecule is CC(C)NCC(C(=O)N1CCOC1CN(C)c1ncnc2[nH]ccc12)c1ccc(Cl)cc1. The lowest BCUT2D eigenvalue weighted by molar-refractivity contribution is -0.137. The first-order valence-electron chi connectivity index (χ1n) is 10.8. The summed E-state index contributed by atoms with van der Waals surface area (Å²) in [6.07, 6.45) is 3.03. The number of amides is 1. The molecular formula is C23H29ClN6O2. The molecule has 170 valence electrons. The number of aromatic amines is 1. The Morgan fingerprint density at radius 1 is 1.31 bits per heavy atom. The highest BCUT2D eigenvalue weighted by Crippen LogP contribution is 2.26. The molecule has 0 spiro atoms. The maximum absolute atomic E-state index is 13.7. The van der Waals surface area contributed by atoms with Gasteiger partial charge in [-0.3, -0.25) is 4.79 Å². The van der Waals surface area contributed by atoms with Gasteiger partial charge >= 0.3 is 0 Å². The van der Waals surface area contributed by atoms with Gasteiger partial charge in [0.1, 0.15) is 24.0 Å². The van der Waals surface area contributed by atoms with Crippen molar-refractivity contribution in [2.45, 2.75) is 32.0 Å². The van der Waals surface area contributed by atoms with Crippen LogP contribution in [0.1, 0.15) is 25.3 Å². The molecule has 1 fully saturated rings. The Labute approximate surface area is 192 Å². The molecule has 3 heterocycles. The normalized spacial score (nSPS) is 17.3. The molecule has 0 radical (unpaired) electrons. The number of rotatable bonds is 8. The minimum absolute atomic E-state index is 0.0471. The summed E-state index contributed by atoms with van der Waals surface area (Å²) < 4.78 is 5.97. The lowest BCUT2D eigenvalue weighted by Crippen LogP contribution is -2.47. The van der Waals surface area contributed by atoms with Crippen LogP contribution in [-0.4, -0.2) is 71.3 Å². The van der Waals surface area contributed by atoms with Gasteiger partial charge in [0.05, 0.1) is 24.5 Å². The van der Waals surface area contributed by atoms with E-state index in [1.807, 2.05) is 53.4 Å². The second-order valence-corrected chi connectivity index (χ2v) is 8.78. The molecule has 1 saturated heterocycles. The van der Waals surface area contributed by atoms with E-state index in [4.69, 9.17) is 16.3 Å². The fourth-order valence-electron chi connectivity index (χ4n) is 4.00. The van der Waals surface area contributed by atoms with Crippen molar-refractivity contribution in [2.24, 2.45) is 0 Å². The van der Waals surface area contributed by atoms with Gasteiger partial charge in [0, 0.05) is 37.4 Å². The molecule has 2 aromatic heterocycles. The second-order valence-electron chi connectivity index (χ2n) is 8.34. The van der Waals surface area contributed by atoms with Crippen molar-refractivity contribution in [3.8, 4) is 0 Å². The fraction of sp³-hybridized carbons (Fsp3) is 0.435. The van der Waals surface area contributed by atoms with E-state index in [1.165, 1.54) is 6.33 Å². The summed E-state index contributed by atoms with van der Waals surface area (Å²) >= 11 is 6.07. The Balaban J connectivity index is 1.53. The Morgan fingerprint density at radius 2 is 2.09 bits per heavy atom. The molecule has 1 aliphatic heterocycles. The predicted molar refractivity (Wildman–Crippen MR) is 126 cm³/mol. The van der Waals surface area contributed by atoms with Crippen LogP contribution >= 0.6 is 11.6 Å². The first-order valence-corrected chi connectivity index (χ1v) is 11.2. The Kier molecular flexibility index (Phi) is 6.93. The van der Waals surface area contributed by atoms with E-state index in [9.17, 15) is 4.79 Å². The lowest BCUT2D eigenvalue weighted by atomic mass is 9.97. The van der Waals surface area contributed by atoms with Crippen LogP contribution in [0.5, 0.6) is 0 Å². The molecule has 3 aromatic rings. The maximum atomic E-state index is 13.7. The molecular weight excluding hydrogens is 428 g/mol. The Bertz CT molecular complexity index is 1050. The highest BCUT2D eigenvalue weighted by Gasteiger charge is 2.35. The maximum Gasteiger partial charge on any atom is 0.233 e. The number of H-pyrrole nitrogens is 1. The molecule has 2 N–H and O–H groups in total. The fourth-order valence-corrected chi connectivity index (χ4v) is 4.13. The van der Waals surface area contributed by atoms with E-state index in [-0.39, 0.29) is 24.1 Å². The summed E-state index contributed by atoms with van der Waals surface area (Å²) in [5.74, 6) is 0.528. The summed E-state index contributed by atoms with van der Waals surface area (Å²) in [6, 6.07) is 9.73. The summed E-state index contributed by atoms with van der Waals surface area (Å²) in [7, 11) is 1.95. The van der Waals surface area contributed by atoms with Crippen LogP contribution in [0, 0.1) is 0 Å². The van der Waals surface area contributed by atoms with E-state index < -0.39 is 0 Å². The van der Waals surface area contributed by atoms with E-state index in [1.54, 1.807) is 0 Å². The van der Waals surface area contributed by atoms with E-state index >= 15 is 0 Å². The van der Waals surface area contributed by atoms with Crippen molar-refractivity contribution >= 4 is 34.4 Å². The number of nitrogens with zero attached hydrogens (tertiary/aromatic N) is 4. The molecule has 9 heteroatoms. The van der Waals surface area contributed by atoms with Gasteiger partial charge in [0.25, 0.3) is 0 Å². The third-order valence-electron chi connectivity index (χ3n) is 5.70. The molecule has 1 aliphatic rings. The van der Waals surface area contributed by atoms with E-state index in [0.717, 1.165) is 22.4 Å². The highest BCUT2D eigenvalue weighted by atomic mass is 35.5. The van der Waals surface area contributed by atoms with Crippen molar-refractivity contribution in [1.29, 1.82) is 0 Å². The zero-order valence-electron chi connectivity index (χ0n) is 18.6. The minimum Gasteiger partial charge on any atom is -0.355 e. The average Bonchev–Trinajstić information content (AvgIpc) is 3.43. The molecule has 1 amide bonds. The predicted octanol–water partition coefficient (Wildman–Crippen LogP) is 3.01. The van der Waals surface area contributed by atoms with Crippen molar-refractivity contribution in [2.75, 3.05) is 38.2 Å². The molecule has 0 saturated carbocycles. The summed E-state index contributed by atoms with van der Waals surface area (Å²) in [5.41, 5.74) is 1.72. The minimum atomic E-state index is -0.356. The first kappa shape index (κ1) is 22.5. The topological polar surface area (TPSA) is 86.4 Å². The molecule has 0 aliphatic carbocycles. The number of carbonyl (C=O) groups excluding carboxylic acids is 1. The number of aromatic nitrogens is 3. The smallest absolute Gasteiger partial charge is 0.233 e. The number of carbonyl (C=O) groups is 1. The lowest BCUT2D eigenvalue weighted by Gasteiger charge is -2.31. The van der Waals surface area contributed by atoms with Crippen molar-refractivity contribution in [3.05, 3.63) is 53.4 Å². The Morgan fingerprint density at radius 3 is 2.84 bits per heavy atom. The van der Waals surface area contributed by atoms with Gasteiger partial charge in [-0.15, -0.1) is 0 Å². The molecule has 4 rings (SSSR count). The number of nitrogens with one attached hydrogen (secondary N) is 2. The van der Waals surface area contributed by atoms with Crippen LogP contribution in [0.2, 0.25) is 5.02 Å². The van der Waals surface area contributed by atoms with Gasteiger partial charge in [-0.1, -0.05) is 37.6 Å². The largest absolute Gasteiger partial charge is 0.355 e. The molecule has 2 atom stereocenters. The average molecular weight is 457 g/mol. The third-order valence-corrected chi connectivity index (χ3v) is 5.95. The molecule has 1 aromatic carbocycles. The van der Waals surface area contributed by atoms with Crippen LogP contribution in [0.3, 0.4) is 0 Å². The van der Waals surface area contributed by atoms with Crippen LogP contribution < -0.4 is 10.2 Å². The van der Waals surface area contributed by atoms with Gasteiger partial charge < -0.3 is 24.8 Å². The van der Waals surface area contributed by atoms with Gasteiger partial charge in [0.15, 0.2) is 0 Å². The third kappa shape index (κ3) is 4.87. The first-order chi connectivity index (χ1) is 15.4. The Hall–Kier alpha value is -2.68. The second kappa shape index (κ2) is 9.85. The zero-order valence-corrected chi connectivity index (χ0v) is 19.3. The van der Waals surface area contributed by atoms with Gasteiger partial charge in [0.2, 0.25) is 5.91 Å². The number of ether oxygens (including phenoxy) is 1. The number of benzene rings is 1. The highest BCUT2D eigenvalue weighted by molar-refractivity contribution is 6.30. The zero-order chi connectivity index (χ0) is 22.7. The van der Waals surface area contributed by atoms with Crippen molar-refractivity contribution in [1.82, 2.24) is 25.2 Å². The number of anilines is 1. The van der Waals surface area contributed by atoms with Crippen LogP contribution in [0.25, 0.3) is 11.0 Å². The number of hydrogen-bond donors (Lipinski definition) is 2. The number of hydrogen-bond acceptors (Lipinski definition) is 6. The quantitative estimate of drug-likeness (QED) is 0.542.